The Labute approximate surface area is 122 Å². The van der Waals surface area contributed by atoms with Gasteiger partial charge in [-0.25, -0.2) is 8.42 Å². The molecule has 6 nitrogen and oxygen atoms in total. The summed E-state index contributed by atoms with van der Waals surface area (Å²) in [5, 5.41) is 3.31. The molecule has 7 heteroatoms. The highest BCUT2D eigenvalue weighted by Gasteiger charge is 2.36. The Bertz CT molecular complexity index is 434. The Balaban J connectivity index is 2.31. The minimum Gasteiger partial charge on any atom is -0.368 e. The number of hydrogen-bond acceptors (Lipinski definition) is 5. The van der Waals surface area contributed by atoms with E-state index >= 15 is 0 Å². The summed E-state index contributed by atoms with van der Waals surface area (Å²) in [5.74, 6) is -0.153. The molecule has 1 aliphatic carbocycles. The number of rotatable bonds is 10. The number of nitrogens with two attached hydrogens (primary N) is 1. The van der Waals surface area contributed by atoms with Crippen LogP contribution in [0, 0.1) is 0 Å². The van der Waals surface area contributed by atoms with Gasteiger partial charge in [0.25, 0.3) is 0 Å². The molecule has 1 aliphatic rings. The number of primary amides is 1. The lowest BCUT2D eigenvalue weighted by molar-refractivity contribution is -0.124. The first-order chi connectivity index (χ1) is 9.12. The van der Waals surface area contributed by atoms with Gasteiger partial charge in [-0.05, 0) is 46.2 Å². The Morgan fingerprint density at radius 1 is 1.40 bits per heavy atom. The fraction of sp³-hybridized carbons (Fsp3) is 0.923. The fourth-order valence-electron chi connectivity index (χ4n) is 2.08. The lowest BCUT2D eigenvalue weighted by atomic mass is 9.94. The van der Waals surface area contributed by atoms with E-state index in [1.807, 2.05) is 18.9 Å². The summed E-state index contributed by atoms with van der Waals surface area (Å²) in [5.41, 5.74) is 4.83. The average molecular weight is 305 g/mol. The number of carbonyl (C=O) groups excluding carboxylic acids is 1. The van der Waals surface area contributed by atoms with Crippen LogP contribution in [0.4, 0.5) is 0 Å². The highest BCUT2D eigenvalue weighted by Crippen LogP contribution is 2.24. The summed E-state index contributed by atoms with van der Waals surface area (Å²) in [6.07, 6.45) is 4.93. The van der Waals surface area contributed by atoms with Gasteiger partial charge >= 0.3 is 0 Å². The SMILES string of the molecule is CN(CCCC(C)(NC1CC1)C(N)=O)CCS(C)(=O)=O. The van der Waals surface area contributed by atoms with Crippen LogP contribution >= 0.6 is 0 Å². The van der Waals surface area contributed by atoms with E-state index in [2.05, 4.69) is 5.32 Å². The second-order valence-corrected chi connectivity index (χ2v) is 8.41. The maximum Gasteiger partial charge on any atom is 0.237 e. The third-order valence-electron chi connectivity index (χ3n) is 3.70. The molecular weight excluding hydrogens is 278 g/mol. The molecule has 0 aromatic heterocycles. The topological polar surface area (TPSA) is 92.5 Å². The molecule has 3 N–H and O–H groups in total. The lowest BCUT2D eigenvalue weighted by Gasteiger charge is -2.28. The van der Waals surface area contributed by atoms with Crippen LogP contribution in [-0.4, -0.2) is 63.0 Å². The molecule has 0 bridgehead atoms. The van der Waals surface area contributed by atoms with E-state index < -0.39 is 15.4 Å². The third kappa shape index (κ3) is 6.67. The van der Waals surface area contributed by atoms with Gasteiger partial charge in [0.1, 0.15) is 9.84 Å². The number of nitrogens with zero attached hydrogens (tertiary/aromatic N) is 1. The Kier molecular flexibility index (Phi) is 5.97. The van der Waals surface area contributed by atoms with E-state index in [1.165, 1.54) is 6.26 Å². The molecule has 0 aromatic carbocycles. The molecule has 118 valence electrons. The van der Waals surface area contributed by atoms with E-state index in [-0.39, 0.29) is 11.7 Å². The zero-order valence-electron chi connectivity index (χ0n) is 12.7. The van der Waals surface area contributed by atoms with Crippen molar-refractivity contribution >= 4 is 15.7 Å². The fourth-order valence-corrected chi connectivity index (χ4v) is 2.72. The molecule has 1 rings (SSSR count). The molecule has 0 aliphatic heterocycles. The molecule has 20 heavy (non-hydrogen) atoms. The smallest absolute Gasteiger partial charge is 0.237 e. The standard InChI is InChI=1S/C13H27N3O3S/c1-13(12(14)17,15-11-5-6-11)7-4-8-16(2)9-10-20(3,18)19/h11,15H,4-10H2,1-3H3,(H2,14,17). The monoisotopic (exact) mass is 305 g/mol. The maximum absolute atomic E-state index is 11.6. The molecule has 1 amide bonds. The van der Waals surface area contributed by atoms with Crippen molar-refractivity contribution in [2.75, 3.05) is 32.1 Å². The Hall–Kier alpha value is -0.660. The second-order valence-electron chi connectivity index (χ2n) is 6.15. The van der Waals surface area contributed by atoms with Crippen molar-refractivity contribution in [1.29, 1.82) is 0 Å². The predicted octanol–water partition coefficient (Wildman–Crippen LogP) is -0.261. The van der Waals surface area contributed by atoms with E-state index in [0.29, 0.717) is 19.0 Å². The highest BCUT2D eigenvalue weighted by atomic mass is 32.2. The summed E-state index contributed by atoms with van der Waals surface area (Å²) in [7, 11) is -1.03. The summed E-state index contributed by atoms with van der Waals surface area (Å²) < 4.78 is 22.2. The third-order valence-corrected chi connectivity index (χ3v) is 4.63. The number of carbonyl (C=O) groups is 1. The van der Waals surface area contributed by atoms with Crippen LogP contribution in [0.5, 0.6) is 0 Å². The summed E-state index contributed by atoms with van der Waals surface area (Å²) in [4.78, 5) is 13.6. The van der Waals surface area contributed by atoms with Crippen LogP contribution in [0.2, 0.25) is 0 Å². The first-order valence-electron chi connectivity index (χ1n) is 7.06. The Morgan fingerprint density at radius 2 is 2.00 bits per heavy atom. The van der Waals surface area contributed by atoms with Gasteiger partial charge < -0.3 is 16.0 Å². The highest BCUT2D eigenvalue weighted by molar-refractivity contribution is 7.90. The molecule has 0 spiro atoms. The normalized spacial score (nSPS) is 19.0. The van der Waals surface area contributed by atoms with Crippen molar-refractivity contribution in [3.8, 4) is 0 Å². The van der Waals surface area contributed by atoms with Crippen molar-refractivity contribution in [2.24, 2.45) is 5.73 Å². The van der Waals surface area contributed by atoms with E-state index in [0.717, 1.165) is 25.8 Å². The van der Waals surface area contributed by atoms with Crippen molar-refractivity contribution in [1.82, 2.24) is 10.2 Å². The van der Waals surface area contributed by atoms with Crippen LogP contribution in [-0.2, 0) is 14.6 Å². The van der Waals surface area contributed by atoms with Gasteiger partial charge in [0.15, 0.2) is 0 Å². The lowest BCUT2D eigenvalue weighted by Crippen LogP contribution is -2.54. The first-order valence-corrected chi connectivity index (χ1v) is 9.12. The van der Waals surface area contributed by atoms with Gasteiger partial charge in [-0.15, -0.1) is 0 Å². The van der Waals surface area contributed by atoms with Gasteiger partial charge in [-0.1, -0.05) is 0 Å². The maximum atomic E-state index is 11.6. The molecule has 0 radical (unpaired) electrons. The molecule has 1 atom stereocenters. The first kappa shape index (κ1) is 17.4. The average Bonchev–Trinajstić information content (AvgIpc) is 3.09. The summed E-state index contributed by atoms with van der Waals surface area (Å²) in [6.45, 7) is 3.12. The Morgan fingerprint density at radius 3 is 2.45 bits per heavy atom. The quantitative estimate of drug-likeness (QED) is 0.580. The minimum absolute atomic E-state index is 0.164. The van der Waals surface area contributed by atoms with Crippen LogP contribution in [0.3, 0.4) is 0 Å². The number of nitrogens with one attached hydrogen (secondary N) is 1. The second kappa shape index (κ2) is 6.87. The molecule has 1 saturated carbocycles. The largest absolute Gasteiger partial charge is 0.368 e. The van der Waals surface area contributed by atoms with Gasteiger partial charge in [-0.2, -0.15) is 0 Å². The molecule has 1 fully saturated rings. The van der Waals surface area contributed by atoms with Gasteiger partial charge in [0.05, 0.1) is 11.3 Å². The van der Waals surface area contributed by atoms with E-state index in [4.69, 9.17) is 5.73 Å². The number of amides is 1. The van der Waals surface area contributed by atoms with E-state index in [1.54, 1.807) is 0 Å². The van der Waals surface area contributed by atoms with Crippen molar-refractivity contribution < 1.29 is 13.2 Å². The van der Waals surface area contributed by atoms with E-state index in [9.17, 15) is 13.2 Å². The van der Waals surface area contributed by atoms with Gasteiger partial charge in [0.2, 0.25) is 5.91 Å². The summed E-state index contributed by atoms with van der Waals surface area (Å²) >= 11 is 0. The molecular formula is C13H27N3O3S. The van der Waals surface area contributed by atoms with Gasteiger partial charge in [-0.3, -0.25) is 4.79 Å². The van der Waals surface area contributed by atoms with Crippen LogP contribution < -0.4 is 11.1 Å². The van der Waals surface area contributed by atoms with Crippen LogP contribution in [0.15, 0.2) is 0 Å². The number of hydrogen-bond donors (Lipinski definition) is 2. The minimum atomic E-state index is -2.92. The number of sulfone groups is 1. The molecule has 0 saturated heterocycles. The van der Waals surface area contributed by atoms with Gasteiger partial charge in [0, 0.05) is 18.8 Å². The van der Waals surface area contributed by atoms with Crippen molar-refractivity contribution in [3.05, 3.63) is 0 Å². The van der Waals surface area contributed by atoms with Crippen molar-refractivity contribution in [3.63, 3.8) is 0 Å². The molecule has 0 aromatic rings. The van der Waals surface area contributed by atoms with Crippen LogP contribution in [0.1, 0.15) is 32.6 Å². The molecule has 0 heterocycles. The summed E-state index contributed by atoms with van der Waals surface area (Å²) in [6, 6.07) is 0.426. The van der Waals surface area contributed by atoms with Crippen molar-refractivity contribution in [2.45, 2.75) is 44.2 Å². The zero-order chi connectivity index (χ0) is 15.4. The zero-order valence-corrected chi connectivity index (χ0v) is 13.5. The predicted molar refractivity (Wildman–Crippen MR) is 80.2 cm³/mol. The molecule has 1 unspecified atom stereocenters. The van der Waals surface area contributed by atoms with Crippen LogP contribution in [0.25, 0.3) is 0 Å².